The first-order chi connectivity index (χ1) is 12.2. The van der Waals surface area contributed by atoms with E-state index in [1.165, 1.54) is 5.69 Å². The van der Waals surface area contributed by atoms with Crippen molar-refractivity contribution in [3.05, 3.63) is 28.7 Å². The third-order valence-corrected chi connectivity index (χ3v) is 4.66. The number of halogens is 1. The van der Waals surface area contributed by atoms with E-state index in [1.807, 2.05) is 7.05 Å². The molecule has 1 unspecified atom stereocenters. The summed E-state index contributed by atoms with van der Waals surface area (Å²) >= 11 is 3.49. The zero-order valence-electron chi connectivity index (χ0n) is 15.1. The highest BCUT2D eigenvalue weighted by atomic mass is 79.9. The molecule has 6 nitrogen and oxygen atoms in total. The van der Waals surface area contributed by atoms with Crippen LogP contribution in [-0.4, -0.2) is 65.6 Å². The topological polar surface area (TPSA) is 58.1 Å². The molecule has 1 fully saturated rings. The van der Waals surface area contributed by atoms with Crippen LogP contribution in [-0.2, 0) is 9.47 Å². The monoisotopic (exact) mass is 412 g/mol. The molecule has 1 aromatic carbocycles. The Morgan fingerprint density at radius 3 is 2.80 bits per heavy atom. The number of hydrogen-bond donors (Lipinski definition) is 2. The van der Waals surface area contributed by atoms with Crippen LogP contribution in [0.2, 0.25) is 0 Å². The van der Waals surface area contributed by atoms with Crippen LogP contribution in [0.15, 0.2) is 33.7 Å². The summed E-state index contributed by atoms with van der Waals surface area (Å²) in [5.41, 5.74) is 1.27. The molecule has 1 atom stereocenters. The molecule has 1 aliphatic heterocycles. The third kappa shape index (κ3) is 7.22. The summed E-state index contributed by atoms with van der Waals surface area (Å²) < 4.78 is 11.5. The van der Waals surface area contributed by atoms with Crippen LogP contribution in [0, 0.1) is 0 Å². The molecular formula is C18H29BrN4O2. The molecule has 0 spiro atoms. The van der Waals surface area contributed by atoms with Crippen molar-refractivity contribution in [1.29, 1.82) is 0 Å². The standard InChI is InChI=1S/C18H29BrN4O2/c1-20-18(21-9-3-11-25-13-12-24-2)22-16-8-10-23(14-16)17-6-4-15(19)5-7-17/h4-7,16H,3,8-14H2,1-2H3,(H2,20,21,22). The normalized spacial score (nSPS) is 17.8. The maximum absolute atomic E-state index is 5.46. The Morgan fingerprint density at radius 1 is 1.28 bits per heavy atom. The number of guanidine groups is 1. The molecule has 0 aromatic heterocycles. The van der Waals surface area contributed by atoms with Crippen molar-refractivity contribution in [2.45, 2.75) is 18.9 Å². The van der Waals surface area contributed by atoms with Gasteiger partial charge in [0.1, 0.15) is 0 Å². The van der Waals surface area contributed by atoms with Gasteiger partial charge in [-0.1, -0.05) is 15.9 Å². The van der Waals surface area contributed by atoms with E-state index in [0.717, 1.165) is 49.5 Å². The first-order valence-electron chi connectivity index (χ1n) is 8.77. The number of hydrogen-bond acceptors (Lipinski definition) is 4. The molecule has 7 heteroatoms. The molecule has 0 radical (unpaired) electrons. The highest BCUT2D eigenvalue weighted by Crippen LogP contribution is 2.22. The van der Waals surface area contributed by atoms with E-state index in [2.05, 4.69) is 60.7 Å². The van der Waals surface area contributed by atoms with E-state index in [-0.39, 0.29) is 0 Å². The van der Waals surface area contributed by atoms with Crippen LogP contribution >= 0.6 is 15.9 Å². The van der Waals surface area contributed by atoms with Gasteiger partial charge in [-0.15, -0.1) is 0 Å². The van der Waals surface area contributed by atoms with Crippen LogP contribution in [0.5, 0.6) is 0 Å². The smallest absolute Gasteiger partial charge is 0.191 e. The second-order valence-corrected chi connectivity index (χ2v) is 6.93. The second-order valence-electron chi connectivity index (χ2n) is 6.01. The number of benzene rings is 1. The van der Waals surface area contributed by atoms with Crippen molar-refractivity contribution in [3.8, 4) is 0 Å². The summed E-state index contributed by atoms with van der Waals surface area (Å²) in [6.07, 6.45) is 2.05. The number of anilines is 1. The zero-order chi connectivity index (χ0) is 17.9. The van der Waals surface area contributed by atoms with Crippen molar-refractivity contribution in [2.24, 2.45) is 4.99 Å². The Labute approximate surface area is 159 Å². The Morgan fingerprint density at radius 2 is 2.08 bits per heavy atom. The highest BCUT2D eigenvalue weighted by molar-refractivity contribution is 9.10. The van der Waals surface area contributed by atoms with Crippen molar-refractivity contribution >= 4 is 27.6 Å². The molecule has 2 N–H and O–H groups in total. The lowest BCUT2D eigenvalue weighted by Crippen LogP contribution is -2.45. The highest BCUT2D eigenvalue weighted by Gasteiger charge is 2.23. The van der Waals surface area contributed by atoms with E-state index in [1.54, 1.807) is 7.11 Å². The van der Waals surface area contributed by atoms with Gasteiger partial charge in [0.15, 0.2) is 5.96 Å². The molecule has 1 heterocycles. The molecule has 0 amide bonds. The van der Waals surface area contributed by atoms with Gasteiger partial charge in [-0.25, -0.2) is 0 Å². The number of ether oxygens (including phenoxy) is 2. The van der Waals surface area contributed by atoms with Crippen molar-refractivity contribution in [1.82, 2.24) is 10.6 Å². The number of methoxy groups -OCH3 is 1. The van der Waals surface area contributed by atoms with Gasteiger partial charge in [0.2, 0.25) is 0 Å². The first-order valence-corrected chi connectivity index (χ1v) is 9.56. The van der Waals surface area contributed by atoms with Crippen LogP contribution in [0.4, 0.5) is 5.69 Å². The Bertz CT molecular complexity index is 524. The number of aliphatic imine (C=N–C) groups is 1. The van der Waals surface area contributed by atoms with Gasteiger partial charge < -0.3 is 25.0 Å². The lowest BCUT2D eigenvalue weighted by atomic mass is 10.3. The molecule has 0 bridgehead atoms. The van der Waals surface area contributed by atoms with Gasteiger partial charge in [-0.05, 0) is 37.1 Å². The Kier molecular flexibility index (Phi) is 9.07. The molecule has 1 saturated heterocycles. The summed E-state index contributed by atoms with van der Waals surface area (Å²) in [7, 11) is 3.49. The quantitative estimate of drug-likeness (QED) is 0.370. The molecule has 0 saturated carbocycles. The molecule has 140 valence electrons. The van der Waals surface area contributed by atoms with E-state index < -0.39 is 0 Å². The first kappa shape index (κ1) is 20.0. The average molecular weight is 413 g/mol. The van der Waals surface area contributed by atoms with Crippen molar-refractivity contribution in [2.75, 3.05) is 58.5 Å². The van der Waals surface area contributed by atoms with Gasteiger partial charge in [-0.2, -0.15) is 0 Å². The molecule has 0 aliphatic carbocycles. The summed E-state index contributed by atoms with van der Waals surface area (Å²) in [6, 6.07) is 8.90. The maximum atomic E-state index is 5.46. The Hall–Kier alpha value is -1.31. The number of rotatable bonds is 9. The summed E-state index contributed by atoms with van der Waals surface area (Å²) in [5.74, 6) is 0.861. The second kappa shape index (κ2) is 11.3. The minimum Gasteiger partial charge on any atom is -0.382 e. The summed E-state index contributed by atoms with van der Waals surface area (Å²) in [4.78, 5) is 6.72. The van der Waals surface area contributed by atoms with E-state index in [9.17, 15) is 0 Å². The van der Waals surface area contributed by atoms with Gasteiger partial charge in [-0.3, -0.25) is 4.99 Å². The van der Waals surface area contributed by atoms with E-state index in [4.69, 9.17) is 9.47 Å². The predicted molar refractivity (Wildman–Crippen MR) is 107 cm³/mol. The van der Waals surface area contributed by atoms with Gasteiger partial charge in [0.25, 0.3) is 0 Å². The molecule has 1 aliphatic rings. The number of nitrogens with one attached hydrogen (secondary N) is 2. The SMILES string of the molecule is CN=C(NCCCOCCOC)NC1CCN(c2ccc(Br)cc2)C1. The maximum Gasteiger partial charge on any atom is 0.191 e. The molecule has 25 heavy (non-hydrogen) atoms. The minimum atomic E-state index is 0.410. The Balaban J connectivity index is 1.65. The summed E-state index contributed by atoms with van der Waals surface area (Å²) in [5, 5.41) is 6.87. The fourth-order valence-electron chi connectivity index (χ4n) is 2.78. The number of nitrogens with zero attached hydrogens (tertiary/aromatic N) is 2. The fraction of sp³-hybridized carbons (Fsp3) is 0.611. The zero-order valence-corrected chi connectivity index (χ0v) is 16.7. The van der Waals surface area contributed by atoms with E-state index >= 15 is 0 Å². The van der Waals surface area contributed by atoms with Crippen LogP contribution in [0.3, 0.4) is 0 Å². The predicted octanol–water partition coefficient (Wildman–Crippen LogP) is 2.25. The van der Waals surface area contributed by atoms with Gasteiger partial charge in [0, 0.05) is 56.6 Å². The fourth-order valence-corrected chi connectivity index (χ4v) is 3.04. The van der Waals surface area contributed by atoms with Crippen molar-refractivity contribution in [3.63, 3.8) is 0 Å². The molecule has 2 rings (SSSR count). The lowest BCUT2D eigenvalue weighted by molar-refractivity contribution is 0.0698. The summed E-state index contributed by atoms with van der Waals surface area (Å²) in [6.45, 7) is 4.92. The van der Waals surface area contributed by atoms with Crippen LogP contribution in [0.1, 0.15) is 12.8 Å². The average Bonchev–Trinajstić information content (AvgIpc) is 3.09. The van der Waals surface area contributed by atoms with Crippen LogP contribution < -0.4 is 15.5 Å². The largest absolute Gasteiger partial charge is 0.382 e. The minimum absolute atomic E-state index is 0.410. The third-order valence-electron chi connectivity index (χ3n) is 4.13. The van der Waals surface area contributed by atoms with Gasteiger partial charge in [0.05, 0.1) is 13.2 Å². The molecule has 1 aromatic rings. The van der Waals surface area contributed by atoms with Crippen LogP contribution in [0.25, 0.3) is 0 Å². The van der Waals surface area contributed by atoms with Crippen molar-refractivity contribution < 1.29 is 9.47 Å². The van der Waals surface area contributed by atoms with E-state index in [0.29, 0.717) is 19.3 Å². The molecular weight excluding hydrogens is 384 g/mol. The van der Waals surface area contributed by atoms with Gasteiger partial charge >= 0.3 is 0 Å². The lowest BCUT2D eigenvalue weighted by Gasteiger charge is -2.20.